The average molecular weight is 317 g/mol. The Morgan fingerprint density at radius 2 is 2.10 bits per heavy atom. The van der Waals surface area contributed by atoms with Crippen molar-refractivity contribution in [3.05, 3.63) is 17.7 Å². The SMILES string of the molecule is CCOP(=O)([O-])C[NH+]1CCCC1c1ccc(O)c(O)c1O. The van der Waals surface area contributed by atoms with Crippen molar-refractivity contribution in [1.82, 2.24) is 0 Å². The van der Waals surface area contributed by atoms with Crippen molar-refractivity contribution in [1.29, 1.82) is 0 Å². The number of quaternary nitrogens is 1. The van der Waals surface area contributed by atoms with Crippen LogP contribution in [0.25, 0.3) is 0 Å². The lowest BCUT2D eigenvalue weighted by atomic mass is 10.0. The molecule has 118 valence electrons. The maximum absolute atomic E-state index is 11.8. The van der Waals surface area contributed by atoms with Gasteiger partial charge in [0.1, 0.15) is 12.3 Å². The molecule has 1 fully saturated rings. The van der Waals surface area contributed by atoms with E-state index in [-0.39, 0.29) is 18.9 Å². The van der Waals surface area contributed by atoms with E-state index in [9.17, 15) is 24.8 Å². The average Bonchev–Trinajstić information content (AvgIpc) is 2.83. The van der Waals surface area contributed by atoms with Crippen molar-refractivity contribution < 1.29 is 34.2 Å². The normalized spacial score (nSPS) is 24.9. The Morgan fingerprint density at radius 3 is 2.76 bits per heavy atom. The van der Waals surface area contributed by atoms with Crippen molar-refractivity contribution in [3.8, 4) is 17.2 Å². The van der Waals surface area contributed by atoms with Crippen LogP contribution in [-0.2, 0) is 9.09 Å². The summed E-state index contributed by atoms with van der Waals surface area (Å²) >= 11 is 0. The van der Waals surface area contributed by atoms with Gasteiger partial charge in [-0.25, -0.2) is 0 Å². The van der Waals surface area contributed by atoms with E-state index in [2.05, 4.69) is 0 Å². The molecule has 0 saturated carbocycles. The van der Waals surface area contributed by atoms with Crippen LogP contribution >= 0.6 is 7.60 Å². The molecule has 0 aliphatic carbocycles. The summed E-state index contributed by atoms with van der Waals surface area (Å²) in [5.74, 6) is -1.37. The van der Waals surface area contributed by atoms with Crippen LogP contribution in [0, 0.1) is 0 Å². The molecular weight excluding hydrogens is 297 g/mol. The molecule has 4 N–H and O–H groups in total. The summed E-state index contributed by atoms with van der Waals surface area (Å²) in [5, 5.41) is 28.9. The second kappa shape index (κ2) is 6.23. The predicted molar refractivity (Wildman–Crippen MR) is 73.3 cm³/mol. The van der Waals surface area contributed by atoms with Crippen molar-refractivity contribution in [3.63, 3.8) is 0 Å². The summed E-state index contributed by atoms with van der Waals surface area (Å²) in [5.41, 5.74) is 0.439. The third kappa shape index (κ3) is 3.49. The Labute approximate surface area is 122 Å². The molecule has 1 aromatic rings. The highest BCUT2D eigenvalue weighted by atomic mass is 31.2. The summed E-state index contributed by atoms with van der Waals surface area (Å²) in [6.45, 7) is 2.36. The largest absolute Gasteiger partial charge is 0.774 e. The number of benzene rings is 1. The molecule has 1 saturated heterocycles. The summed E-state index contributed by atoms with van der Waals surface area (Å²) < 4.78 is 16.6. The van der Waals surface area contributed by atoms with Crippen LogP contribution in [0.15, 0.2) is 12.1 Å². The van der Waals surface area contributed by atoms with Gasteiger partial charge in [0.2, 0.25) is 5.75 Å². The lowest BCUT2D eigenvalue weighted by Crippen LogP contribution is -3.10. The molecule has 3 unspecified atom stereocenters. The number of phenolic OH excluding ortho intramolecular Hbond substituents is 3. The van der Waals surface area contributed by atoms with E-state index in [0.29, 0.717) is 18.5 Å². The maximum atomic E-state index is 11.8. The molecule has 1 aliphatic rings. The van der Waals surface area contributed by atoms with E-state index in [4.69, 9.17) is 4.52 Å². The highest BCUT2D eigenvalue weighted by Crippen LogP contribution is 2.41. The van der Waals surface area contributed by atoms with Crippen LogP contribution in [0.5, 0.6) is 17.2 Å². The minimum Gasteiger partial charge on any atom is -0.774 e. The van der Waals surface area contributed by atoms with Crippen LogP contribution in [-0.4, -0.2) is 34.8 Å². The molecule has 0 bridgehead atoms. The molecule has 0 spiro atoms. The molecular formula is C13H20NO6P. The maximum Gasteiger partial charge on any atom is 0.200 e. The van der Waals surface area contributed by atoms with Gasteiger partial charge in [0.25, 0.3) is 0 Å². The first-order valence-corrected chi connectivity index (χ1v) is 8.61. The number of phenols is 3. The van der Waals surface area contributed by atoms with Crippen molar-refractivity contribution in [2.75, 3.05) is 19.4 Å². The summed E-state index contributed by atoms with van der Waals surface area (Å²) in [6, 6.07) is 2.55. The zero-order valence-electron chi connectivity index (χ0n) is 11.8. The van der Waals surface area contributed by atoms with Crippen molar-refractivity contribution in [2.24, 2.45) is 0 Å². The van der Waals surface area contributed by atoms with Crippen LogP contribution in [0.3, 0.4) is 0 Å². The quantitative estimate of drug-likeness (QED) is 0.451. The number of hydrogen-bond acceptors (Lipinski definition) is 6. The molecule has 0 radical (unpaired) electrons. The summed E-state index contributed by atoms with van der Waals surface area (Å²) in [7, 11) is -3.92. The smallest absolute Gasteiger partial charge is 0.200 e. The molecule has 1 heterocycles. The van der Waals surface area contributed by atoms with Crippen LogP contribution < -0.4 is 9.79 Å². The highest BCUT2D eigenvalue weighted by molar-refractivity contribution is 7.51. The van der Waals surface area contributed by atoms with E-state index in [0.717, 1.165) is 11.3 Å². The fraction of sp³-hybridized carbons (Fsp3) is 0.538. The molecule has 2 rings (SSSR count). The van der Waals surface area contributed by atoms with Crippen LogP contribution in [0.2, 0.25) is 0 Å². The van der Waals surface area contributed by atoms with E-state index in [1.165, 1.54) is 12.1 Å². The lowest BCUT2D eigenvalue weighted by molar-refractivity contribution is -0.908. The number of aromatic hydroxyl groups is 3. The molecule has 7 nitrogen and oxygen atoms in total. The fourth-order valence-electron chi connectivity index (χ4n) is 2.83. The topological polar surface area (TPSA) is 114 Å². The lowest BCUT2D eigenvalue weighted by Gasteiger charge is -2.29. The second-order valence-electron chi connectivity index (χ2n) is 5.16. The number of nitrogens with one attached hydrogen (secondary N) is 1. The molecule has 21 heavy (non-hydrogen) atoms. The predicted octanol–water partition coefficient (Wildman–Crippen LogP) is 0.0706. The zero-order valence-corrected chi connectivity index (χ0v) is 12.7. The summed E-state index contributed by atoms with van der Waals surface area (Å²) in [6.07, 6.45) is 1.35. The van der Waals surface area contributed by atoms with Gasteiger partial charge in [-0.05, 0) is 19.1 Å². The third-order valence-corrected chi connectivity index (χ3v) is 5.19. The van der Waals surface area contributed by atoms with Crippen molar-refractivity contribution >= 4 is 7.60 Å². The first-order valence-electron chi connectivity index (χ1n) is 6.88. The number of hydrogen-bond donors (Lipinski definition) is 4. The first kappa shape index (κ1) is 16.1. The fourth-order valence-corrected chi connectivity index (χ4v) is 4.19. The molecule has 1 aromatic carbocycles. The van der Waals surface area contributed by atoms with Gasteiger partial charge < -0.3 is 34.2 Å². The Morgan fingerprint density at radius 1 is 1.38 bits per heavy atom. The minimum atomic E-state index is -3.92. The Balaban J connectivity index is 2.23. The molecule has 0 amide bonds. The standard InChI is InChI=1S/C13H20NO6P/c1-2-20-21(18,19)8-14-7-3-4-10(14)9-5-6-11(15)13(17)12(9)16/h5-6,10,15-17H,2-4,7-8H2,1H3,(H,18,19). The van der Waals surface area contributed by atoms with Gasteiger partial charge in [0.15, 0.2) is 19.1 Å². The number of rotatable bonds is 5. The highest BCUT2D eigenvalue weighted by Gasteiger charge is 2.35. The van der Waals surface area contributed by atoms with Crippen LogP contribution in [0.4, 0.5) is 0 Å². The minimum absolute atomic E-state index is 0.101. The van der Waals surface area contributed by atoms with Gasteiger partial charge in [0.05, 0.1) is 18.7 Å². The monoisotopic (exact) mass is 317 g/mol. The molecule has 1 aliphatic heterocycles. The van der Waals surface area contributed by atoms with E-state index in [1.54, 1.807) is 6.92 Å². The Kier molecular flexibility index (Phi) is 4.78. The summed E-state index contributed by atoms with van der Waals surface area (Å²) in [4.78, 5) is 12.6. The van der Waals surface area contributed by atoms with Gasteiger partial charge in [-0.3, -0.25) is 0 Å². The van der Waals surface area contributed by atoms with Gasteiger partial charge in [-0.2, -0.15) is 0 Å². The first-order chi connectivity index (χ1) is 9.85. The zero-order chi connectivity index (χ0) is 15.6. The van der Waals surface area contributed by atoms with Crippen LogP contribution in [0.1, 0.15) is 31.4 Å². The van der Waals surface area contributed by atoms with Crippen molar-refractivity contribution in [2.45, 2.75) is 25.8 Å². The van der Waals surface area contributed by atoms with Gasteiger partial charge in [-0.1, -0.05) is 0 Å². The molecule has 3 atom stereocenters. The Bertz CT molecular complexity index is 564. The van der Waals surface area contributed by atoms with E-state index in [1.807, 2.05) is 0 Å². The van der Waals surface area contributed by atoms with Gasteiger partial charge in [0, 0.05) is 12.8 Å². The van der Waals surface area contributed by atoms with E-state index < -0.39 is 24.8 Å². The van der Waals surface area contributed by atoms with E-state index >= 15 is 0 Å². The number of likely N-dealkylation sites (tertiary alicyclic amines) is 1. The Hall–Kier alpha value is -1.27. The third-order valence-electron chi connectivity index (χ3n) is 3.74. The molecule has 0 aromatic heterocycles. The van der Waals surface area contributed by atoms with Gasteiger partial charge >= 0.3 is 0 Å². The molecule has 8 heteroatoms. The second-order valence-corrected chi connectivity index (χ2v) is 6.96. The van der Waals surface area contributed by atoms with Gasteiger partial charge in [-0.15, -0.1) is 0 Å².